The number of para-hydroxylation sites is 6. The maximum atomic E-state index is 4.31. The van der Waals surface area contributed by atoms with Crippen LogP contribution in [0.3, 0.4) is 0 Å². The highest BCUT2D eigenvalue weighted by Crippen LogP contribution is 2.55. The topological polar surface area (TPSA) is 51.6 Å². The van der Waals surface area contributed by atoms with Gasteiger partial charge in [-0.1, -0.05) is 200 Å². The van der Waals surface area contributed by atoms with Crippen molar-refractivity contribution in [3.05, 3.63) is 383 Å². The van der Waals surface area contributed by atoms with Crippen molar-refractivity contribution in [2.75, 3.05) is 19.6 Å². The van der Waals surface area contributed by atoms with E-state index in [4.69, 9.17) is 0 Å². The standard InChI is InChI=1S/C87H63N7/c1-7-19-76(20-8-1)91(77-21-9-2-10-22-77)85-61-73(67-37-31-64(32-38-67)70-49-55-88-56-50-70)43-46-82(85)94(83-47-44-74(68-39-33-65(34-40-68)71-51-57-89-58-52-71)62-86(83)92(78-23-11-3-12-24-78)79-25-13-4-14-26-79)84-48-45-75(69-41-35-66(36-42-69)72-53-59-90-60-54-72)63-87(84)93(80-27-15-5-16-28-80)81-29-17-6-18-30-81/h1-63H. The smallest absolute Gasteiger partial charge is 0.0708 e. The number of benzene rings is 12. The van der Waals surface area contributed by atoms with Crippen LogP contribution < -0.4 is 19.6 Å². The van der Waals surface area contributed by atoms with Crippen LogP contribution in [0, 0.1) is 0 Å². The van der Waals surface area contributed by atoms with E-state index in [-0.39, 0.29) is 0 Å². The van der Waals surface area contributed by atoms with Crippen molar-refractivity contribution >= 4 is 68.2 Å². The molecular formula is C87H63N7. The maximum absolute atomic E-state index is 4.31. The number of anilines is 12. The highest BCUT2D eigenvalue weighted by molar-refractivity contribution is 6.03. The van der Waals surface area contributed by atoms with Crippen LogP contribution >= 0.6 is 0 Å². The minimum Gasteiger partial charge on any atom is -0.308 e. The first kappa shape index (κ1) is 57.7. The summed E-state index contributed by atoms with van der Waals surface area (Å²) in [6, 6.07) is 124. The molecule has 15 rings (SSSR count). The molecule has 0 amide bonds. The Labute approximate surface area is 549 Å². The summed E-state index contributed by atoms with van der Waals surface area (Å²) in [7, 11) is 0. The molecule has 0 fully saturated rings. The number of aromatic nitrogens is 3. The van der Waals surface area contributed by atoms with Gasteiger partial charge in [-0.15, -0.1) is 0 Å². The van der Waals surface area contributed by atoms with Gasteiger partial charge in [0.2, 0.25) is 0 Å². The maximum Gasteiger partial charge on any atom is 0.0708 e. The number of rotatable bonds is 18. The Hall–Kier alpha value is -12.7. The molecule has 0 N–H and O–H groups in total. The zero-order valence-electron chi connectivity index (χ0n) is 51.5. The van der Waals surface area contributed by atoms with Gasteiger partial charge in [0.15, 0.2) is 0 Å². The summed E-state index contributed by atoms with van der Waals surface area (Å²) in [5, 5.41) is 0. The molecule has 3 heterocycles. The van der Waals surface area contributed by atoms with Crippen LogP contribution in [0.2, 0.25) is 0 Å². The molecule has 0 aliphatic heterocycles. The molecule has 12 aromatic carbocycles. The van der Waals surface area contributed by atoms with Gasteiger partial charge in [0.05, 0.1) is 34.1 Å². The molecule has 446 valence electrons. The summed E-state index contributed by atoms with van der Waals surface area (Å²) in [5.74, 6) is 0. The summed E-state index contributed by atoms with van der Waals surface area (Å²) in [4.78, 5) is 22.7. The lowest BCUT2D eigenvalue weighted by Gasteiger charge is -2.39. The van der Waals surface area contributed by atoms with Crippen molar-refractivity contribution in [1.82, 2.24) is 15.0 Å². The van der Waals surface area contributed by atoms with Gasteiger partial charge in [-0.05, 0) is 212 Å². The Balaban J connectivity index is 1.05. The molecular weight excluding hydrogens is 1140 g/mol. The van der Waals surface area contributed by atoms with E-state index >= 15 is 0 Å². The van der Waals surface area contributed by atoms with Gasteiger partial charge in [-0.3, -0.25) is 15.0 Å². The lowest BCUT2D eigenvalue weighted by Crippen LogP contribution is -2.22. The summed E-state index contributed by atoms with van der Waals surface area (Å²) in [6.07, 6.45) is 11.1. The molecule has 0 aliphatic rings. The fraction of sp³-hybridized carbons (Fsp3) is 0. The van der Waals surface area contributed by atoms with Gasteiger partial charge >= 0.3 is 0 Å². The second-order valence-corrected chi connectivity index (χ2v) is 22.9. The molecule has 3 aromatic heterocycles. The normalized spacial score (nSPS) is 11.0. The Morgan fingerprint density at radius 1 is 0.138 bits per heavy atom. The summed E-state index contributed by atoms with van der Waals surface area (Å²) in [5.41, 5.74) is 24.8. The minimum absolute atomic E-state index is 0.929. The minimum atomic E-state index is 0.929. The van der Waals surface area contributed by atoms with E-state index in [0.29, 0.717) is 0 Å². The first-order valence-electron chi connectivity index (χ1n) is 31.6. The molecule has 94 heavy (non-hydrogen) atoms. The zero-order chi connectivity index (χ0) is 62.8. The van der Waals surface area contributed by atoms with Gasteiger partial charge in [-0.2, -0.15) is 0 Å². The molecule has 0 aliphatic carbocycles. The molecule has 0 atom stereocenters. The molecule has 0 bridgehead atoms. The highest BCUT2D eigenvalue weighted by Gasteiger charge is 2.31. The Kier molecular flexibility index (Phi) is 16.4. The Bertz CT molecular complexity index is 4330. The highest BCUT2D eigenvalue weighted by atomic mass is 15.3. The molecule has 0 radical (unpaired) electrons. The van der Waals surface area contributed by atoms with E-state index < -0.39 is 0 Å². The van der Waals surface area contributed by atoms with Crippen molar-refractivity contribution < 1.29 is 0 Å². The van der Waals surface area contributed by atoms with Crippen molar-refractivity contribution in [2.24, 2.45) is 0 Å². The predicted octanol–water partition coefficient (Wildman–Crippen LogP) is 23.8. The quantitative estimate of drug-likeness (QED) is 0.0848. The molecule has 0 spiro atoms. The molecule has 7 heteroatoms. The third-order valence-corrected chi connectivity index (χ3v) is 17.2. The van der Waals surface area contributed by atoms with Crippen molar-refractivity contribution in [3.8, 4) is 66.8 Å². The van der Waals surface area contributed by atoms with E-state index in [1.807, 2.05) is 37.2 Å². The Morgan fingerprint density at radius 3 is 0.511 bits per heavy atom. The van der Waals surface area contributed by atoms with E-state index in [1.54, 1.807) is 0 Å². The van der Waals surface area contributed by atoms with E-state index in [0.717, 1.165) is 135 Å². The first-order valence-corrected chi connectivity index (χ1v) is 31.6. The largest absolute Gasteiger partial charge is 0.308 e. The average Bonchev–Trinajstić information content (AvgIpc) is 0.741. The van der Waals surface area contributed by atoms with Crippen molar-refractivity contribution in [1.29, 1.82) is 0 Å². The van der Waals surface area contributed by atoms with Gasteiger partial charge in [-0.25, -0.2) is 0 Å². The van der Waals surface area contributed by atoms with Gasteiger partial charge in [0.1, 0.15) is 0 Å². The van der Waals surface area contributed by atoms with E-state index in [1.165, 1.54) is 0 Å². The lowest BCUT2D eigenvalue weighted by atomic mass is 9.97. The molecule has 7 nitrogen and oxygen atoms in total. The van der Waals surface area contributed by atoms with Gasteiger partial charge in [0.25, 0.3) is 0 Å². The van der Waals surface area contributed by atoms with Crippen LogP contribution in [0.15, 0.2) is 383 Å². The fourth-order valence-corrected chi connectivity index (χ4v) is 12.5. The fourth-order valence-electron chi connectivity index (χ4n) is 12.5. The first-order chi connectivity index (χ1) is 46.6. The third kappa shape index (κ3) is 12.1. The molecule has 0 unspecified atom stereocenters. The monoisotopic (exact) mass is 1210 g/mol. The summed E-state index contributed by atoms with van der Waals surface area (Å²) in [6.45, 7) is 0. The lowest BCUT2D eigenvalue weighted by molar-refractivity contribution is 1.19. The van der Waals surface area contributed by atoms with Crippen molar-refractivity contribution in [2.45, 2.75) is 0 Å². The van der Waals surface area contributed by atoms with Crippen LogP contribution in [-0.4, -0.2) is 15.0 Å². The van der Waals surface area contributed by atoms with E-state index in [9.17, 15) is 0 Å². The molecule has 0 saturated heterocycles. The number of hydrogen-bond acceptors (Lipinski definition) is 7. The van der Waals surface area contributed by atoms with Gasteiger partial charge in [0, 0.05) is 71.3 Å². The van der Waals surface area contributed by atoms with Gasteiger partial charge < -0.3 is 19.6 Å². The van der Waals surface area contributed by atoms with Crippen molar-refractivity contribution in [3.63, 3.8) is 0 Å². The number of hydrogen-bond donors (Lipinski definition) is 0. The average molecular weight is 1210 g/mol. The number of nitrogens with zero attached hydrogens (tertiary/aromatic N) is 7. The van der Waals surface area contributed by atoms with Crippen LogP contribution in [0.5, 0.6) is 0 Å². The number of pyridine rings is 3. The van der Waals surface area contributed by atoms with Crippen LogP contribution in [-0.2, 0) is 0 Å². The molecule has 15 aromatic rings. The third-order valence-electron chi connectivity index (χ3n) is 17.2. The summed E-state index contributed by atoms with van der Waals surface area (Å²) >= 11 is 0. The van der Waals surface area contributed by atoms with Crippen LogP contribution in [0.4, 0.5) is 68.2 Å². The van der Waals surface area contributed by atoms with Crippen LogP contribution in [0.1, 0.15) is 0 Å². The zero-order valence-corrected chi connectivity index (χ0v) is 51.5. The summed E-state index contributed by atoms with van der Waals surface area (Å²) < 4.78 is 0. The predicted molar refractivity (Wildman–Crippen MR) is 391 cm³/mol. The van der Waals surface area contributed by atoms with Crippen LogP contribution in [0.25, 0.3) is 66.8 Å². The second kappa shape index (κ2) is 26.8. The Morgan fingerprint density at radius 2 is 0.309 bits per heavy atom. The SMILES string of the molecule is c1ccc(N(c2ccccc2)c2cc(-c3ccc(-c4ccncc4)cc3)ccc2N(c2ccc(-c3ccc(-c4ccncc4)cc3)cc2N(c2ccccc2)c2ccccc2)c2ccc(-c3ccc(-c4ccncc4)cc3)cc2N(c2ccccc2)c2ccccc2)cc1. The molecule has 0 saturated carbocycles. The second-order valence-electron chi connectivity index (χ2n) is 22.9. The van der Waals surface area contributed by atoms with E-state index in [2.05, 4.69) is 380 Å².